The summed E-state index contributed by atoms with van der Waals surface area (Å²) in [5.41, 5.74) is 1.10. The maximum absolute atomic E-state index is 12.4. The van der Waals surface area contributed by atoms with Crippen LogP contribution in [0.5, 0.6) is 0 Å². The normalized spacial score (nSPS) is 10.7. The quantitative estimate of drug-likeness (QED) is 0.428. The minimum atomic E-state index is -0.564. The Labute approximate surface area is 175 Å². The number of halogens is 3. The van der Waals surface area contributed by atoms with Crippen LogP contribution in [0.2, 0.25) is 15.1 Å². The third kappa shape index (κ3) is 4.27. The van der Waals surface area contributed by atoms with Crippen molar-refractivity contribution in [2.45, 2.75) is 13.5 Å². The summed E-state index contributed by atoms with van der Waals surface area (Å²) in [5, 5.41) is 19.0. The highest BCUT2D eigenvalue weighted by atomic mass is 35.5. The molecule has 0 radical (unpaired) electrons. The molecule has 0 fully saturated rings. The number of rotatable bonds is 5. The summed E-state index contributed by atoms with van der Waals surface area (Å²) in [6.07, 6.45) is 1.52. The summed E-state index contributed by atoms with van der Waals surface area (Å²) in [6.45, 7) is 1.85. The van der Waals surface area contributed by atoms with Gasteiger partial charge in [0.1, 0.15) is 5.02 Å². The Morgan fingerprint density at radius 2 is 1.86 bits per heavy atom. The second kappa shape index (κ2) is 8.18. The fourth-order valence-electron chi connectivity index (χ4n) is 2.54. The van der Waals surface area contributed by atoms with Crippen LogP contribution in [0.4, 0.5) is 11.5 Å². The zero-order chi connectivity index (χ0) is 20.4. The second-order valence-corrected chi connectivity index (χ2v) is 7.16. The number of carbonyl (C=O) groups is 1. The van der Waals surface area contributed by atoms with Crippen LogP contribution in [0.15, 0.2) is 42.6 Å². The Kier molecular flexibility index (Phi) is 5.88. The van der Waals surface area contributed by atoms with Gasteiger partial charge in [0.15, 0.2) is 5.82 Å². The highest BCUT2D eigenvalue weighted by molar-refractivity contribution is 6.36. The molecular formula is C18H13Cl3N4O3. The Balaban J connectivity index is 1.81. The molecule has 0 bridgehead atoms. The lowest BCUT2D eigenvalue weighted by atomic mass is 10.1. The van der Waals surface area contributed by atoms with E-state index in [1.165, 1.54) is 29.1 Å². The molecule has 144 valence electrons. The van der Waals surface area contributed by atoms with Gasteiger partial charge in [0, 0.05) is 39.0 Å². The number of nitro benzene ring substituents is 1. The van der Waals surface area contributed by atoms with Crippen LogP contribution in [0, 0.1) is 17.0 Å². The average molecular weight is 440 g/mol. The molecule has 1 heterocycles. The van der Waals surface area contributed by atoms with E-state index in [0.717, 1.165) is 0 Å². The molecule has 0 saturated heterocycles. The van der Waals surface area contributed by atoms with Crippen LogP contribution < -0.4 is 5.32 Å². The first-order valence-electron chi connectivity index (χ1n) is 7.98. The zero-order valence-corrected chi connectivity index (χ0v) is 16.7. The number of nitrogens with zero attached hydrogens (tertiary/aromatic N) is 3. The molecule has 0 aliphatic rings. The van der Waals surface area contributed by atoms with E-state index in [4.69, 9.17) is 34.8 Å². The minimum absolute atomic E-state index is 0.122. The van der Waals surface area contributed by atoms with Gasteiger partial charge < -0.3 is 5.32 Å². The molecule has 28 heavy (non-hydrogen) atoms. The monoisotopic (exact) mass is 438 g/mol. The highest BCUT2D eigenvalue weighted by Gasteiger charge is 2.18. The number of hydrogen-bond donors (Lipinski definition) is 1. The van der Waals surface area contributed by atoms with Gasteiger partial charge in [0.25, 0.3) is 11.6 Å². The number of amides is 1. The number of aromatic nitrogens is 2. The van der Waals surface area contributed by atoms with Gasteiger partial charge in [-0.05, 0) is 25.1 Å². The van der Waals surface area contributed by atoms with E-state index in [0.29, 0.717) is 21.2 Å². The van der Waals surface area contributed by atoms with Crippen molar-refractivity contribution in [3.8, 4) is 0 Å². The highest BCUT2D eigenvalue weighted by Crippen LogP contribution is 2.27. The predicted octanol–water partition coefficient (Wildman–Crippen LogP) is 5.36. The van der Waals surface area contributed by atoms with Crippen molar-refractivity contribution < 1.29 is 9.72 Å². The van der Waals surface area contributed by atoms with Gasteiger partial charge in [0.05, 0.1) is 11.5 Å². The van der Waals surface area contributed by atoms with Crippen LogP contribution in [0.25, 0.3) is 0 Å². The predicted molar refractivity (Wildman–Crippen MR) is 109 cm³/mol. The van der Waals surface area contributed by atoms with E-state index >= 15 is 0 Å². The van der Waals surface area contributed by atoms with Gasteiger partial charge in [-0.1, -0.05) is 46.9 Å². The molecule has 3 rings (SSSR count). The van der Waals surface area contributed by atoms with E-state index in [2.05, 4.69) is 10.4 Å². The average Bonchev–Trinajstić information content (AvgIpc) is 2.97. The molecule has 3 aromatic rings. The summed E-state index contributed by atoms with van der Waals surface area (Å²) in [4.78, 5) is 23.0. The van der Waals surface area contributed by atoms with E-state index in [1.807, 2.05) is 0 Å². The van der Waals surface area contributed by atoms with Gasteiger partial charge in [-0.25, -0.2) is 0 Å². The Hall–Kier alpha value is -2.61. The molecule has 0 saturated carbocycles. The van der Waals surface area contributed by atoms with Crippen molar-refractivity contribution >= 4 is 52.2 Å². The van der Waals surface area contributed by atoms with Crippen LogP contribution in [-0.2, 0) is 6.54 Å². The standard InChI is InChI=1S/C18H13Cl3N4O3/c1-10-5-6-11(7-16(10)25(27)28)18(26)22-17-15(21)9-24(23-17)8-12-13(19)3-2-4-14(12)20/h2-7,9H,8H2,1H3,(H,22,23,26). The minimum Gasteiger partial charge on any atom is -0.304 e. The molecule has 2 aromatic carbocycles. The number of anilines is 1. The maximum atomic E-state index is 12.4. The van der Waals surface area contributed by atoms with Crippen molar-refractivity contribution in [3.63, 3.8) is 0 Å². The van der Waals surface area contributed by atoms with Crippen molar-refractivity contribution in [1.82, 2.24) is 9.78 Å². The second-order valence-electron chi connectivity index (χ2n) is 5.94. The molecule has 1 aromatic heterocycles. The van der Waals surface area contributed by atoms with Gasteiger partial charge in [0.2, 0.25) is 0 Å². The van der Waals surface area contributed by atoms with E-state index in [-0.39, 0.29) is 28.6 Å². The van der Waals surface area contributed by atoms with E-state index < -0.39 is 10.8 Å². The Bertz CT molecular complexity index is 1060. The number of hydrogen-bond acceptors (Lipinski definition) is 4. The fourth-order valence-corrected chi connectivity index (χ4v) is 3.25. The number of nitrogens with one attached hydrogen (secondary N) is 1. The van der Waals surface area contributed by atoms with E-state index in [9.17, 15) is 14.9 Å². The summed E-state index contributed by atoms with van der Waals surface area (Å²) in [5.74, 6) is -0.441. The molecule has 10 heteroatoms. The topological polar surface area (TPSA) is 90.1 Å². The first kappa shape index (κ1) is 20.1. The fraction of sp³-hybridized carbons (Fsp3) is 0.111. The number of carbonyl (C=O) groups excluding carboxylic acids is 1. The Morgan fingerprint density at radius 3 is 2.50 bits per heavy atom. The largest absolute Gasteiger partial charge is 0.304 e. The summed E-state index contributed by atoms with van der Waals surface area (Å²) >= 11 is 18.5. The molecule has 0 unspecified atom stereocenters. The van der Waals surface area contributed by atoms with Gasteiger partial charge in [-0.2, -0.15) is 5.10 Å². The van der Waals surface area contributed by atoms with Crippen LogP contribution in [0.3, 0.4) is 0 Å². The van der Waals surface area contributed by atoms with Gasteiger partial charge >= 0.3 is 0 Å². The van der Waals surface area contributed by atoms with Gasteiger partial charge in [-0.3, -0.25) is 19.6 Å². The van der Waals surface area contributed by atoms with Gasteiger partial charge in [-0.15, -0.1) is 0 Å². The number of benzene rings is 2. The third-order valence-corrected chi connectivity index (χ3v) is 4.98. The van der Waals surface area contributed by atoms with E-state index in [1.54, 1.807) is 25.1 Å². The maximum Gasteiger partial charge on any atom is 0.273 e. The van der Waals surface area contributed by atoms with Crippen LogP contribution in [0.1, 0.15) is 21.5 Å². The lowest BCUT2D eigenvalue weighted by molar-refractivity contribution is -0.385. The molecule has 1 N–H and O–H groups in total. The molecule has 1 amide bonds. The number of nitro groups is 1. The van der Waals surface area contributed by atoms with Crippen molar-refractivity contribution in [2.24, 2.45) is 0 Å². The summed E-state index contributed by atoms with van der Waals surface area (Å²) in [6, 6.07) is 9.36. The van der Waals surface area contributed by atoms with Crippen molar-refractivity contribution in [3.05, 3.63) is 84.5 Å². The SMILES string of the molecule is Cc1ccc(C(=O)Nc2nn(Cc3c(Cl)cccc3Cl)cc2Cl)cc1[N+](=O)[O-]. The van der Waals surface area contributed by atoms with Crippen molar-refractivity contribution in [2.75, 3.05) is 5.32 Å². The lowest BCUT2D eigenvalue weighted by Gasteiger charge is -2.07. The third-order valence-electron chi connectivity index (χ3n) is 4.00. The molecule has 0 aliphatic heterocycles. The molecule has 7 nitrogen and oxygen atoms in total. The molecule has 0 atom stereocenters. The molecule has 0 aliphatic carbocycles. The smallest absolute Gasteiger partial charge is 0.273 e. The molecule has 0 spiro atoms. The Morgan fingerprint density at radius 1 is 1.18 bits per heavy atom. The first-order valence-corrected chi connectivity index (χ1v) is 9.12. The van der Waals surface area contributed by atoms with Crippen molar-refractivity contribution in [1.29, 1.82) is 0 Å². The number of aryl methyl sites for hydroxylation is 1. The van der Waals surface area contributed by atoms with Crippen LogP contribution in [-0.4, -0.2) is 20.6 Å². The lowest BCUT2D eigenvalue weighted by Crippen LogP contribution is -2.13. The summed E-state index contributed by atoms with van der Waals surface area (Å²) in [7, 11) is 0. The zero-order valence-electron chi connectivity index (χ0n) is 14.4. The van der Waals surface area contributed by atoms with Crippen LogP contribution >= 0.6 is 34.8 Å². The summed E-state index contributed by atoms with van der Waals surface area (Å²) < 4.78 is 1.49. The first-order chi connectivity index (χ1) is 13.3. The molecular weight excluding hydrogens is 427 g/mol.